The van der Waals surface area contributed by atoms with E-state index in [1.807, 2.05) is 19.1 Å². The Morgan fingerprint density at radius 1 is 1.47 bits per heavy atom. The Kier molecular flexibility index (Phi) is 4.80. The molecule has 2 nitrogen and oxygen atoms in total. The molecule has 15 heavy (non-hydrogen) atoms. The fourth-order valence-electron chi connectivity index (χ4n) is 1.29. The fourth-order valence-corrected chi connectivity index (χ4v) is 1.71. The molecule has 0 amide bonds. The zero-order valence-electron chi connectivity index (χ0n) is 9.00. The number of nitrogens with one attached hydrogen (secondary N) is 1. The van der Waals surface area contributed by atoms with Crippen molar-refractivity contribution in [3.63, 3.8) is 0 Å². The van der Waals surface area contributed by atoms with Crippen LogP contribution in [0.1, 0.15) is 25.5 Å². The van der Waals surface area contributed by atoms with Gasteiger partial charge in [0.1, 0.15) is 0 Å². The number of halogens is 1. The molecule has 80 valence electrons. The van der Waals surface area contributed by atoms with Crippen LogP contribution in [-0.2, 0) is 0 Å². The summed E-state index contributed by atoms with van der Waals surface area (Å²) >= 11 is 3.44. The van der Waals surface area contributed by atoms with Gasteiger partial charge >= 0.3 is 0 Å². The third-order valence-electron chi connectivity index (χ3n) is 2.30. The molecule has 1 N–H and O–H groups in total. The molecule has 0 saturated heterocycles. The van der Waals surface area contributed by atoms with E-state index in [9.17, 15) is 0 Å². The summed E-state index contributed by atoms with van der Waals surface area (Å²) in [6.07, 6.45) is 0. The van der Waals surface area contributed by atoms with Gasteiger partial charge in [-0.3, -0.25) is 0 Å². The lowest BCUT2D eigenvalue weighted by Crippen LogP contribution is -2.23. The molecule has 0 spiro atoms. The summed E-state index contributed by atoms with van der Waals surface area (Å²) in [7, 11) is 0. The fraction of sp³-hybridized carbons (Fsp3) is 0.417. The van der Waals surface area contributed by atoms with E-state index in [0.29, 0.717) is 0 Å². The minimum Gasteiger partial charge on any atom is -0.309 e. The van der Waals surface area contributed by atoms with Gasteiger partial charge in [-0.15, -0.1) is 0 Å². The van der Waals surface area contributed by atoms with Crippen LogP contribution in [-0.4, -0.2) is 6.54 Å². The van der Waals surface area contributed by atoms with Crippen LogP contribution in [0.2, 0.25) is 0 Å². The SMILES string of the molecule is CC(C#N)CN[C@H](C)c1cccc(Br)c1. The average molecular weight is 267 g/mol. The third kappa shape index (κ3) is 4.03. The molecule has 1 unspecified atom stereocenters. The summed E-state index contributed by atoms with van der Waals surface area (Å²) < 4.78 is 1.09. The van der Waals surface area contributed by atoms with Crippen molar-refractivity contribution in [1.82, 2.24) is 5.32 Å². The van der Waals surface area contributed by atoms with E-state index in [4.69, 9.17) is 5.26 Å². The van der Waals surface area contributed by atoms with Crippen molar-refractivity contribution in [1.29, 1.82) is 5.26 Å². The standard InChI is InChI=1S/C12H15BrN2/c1-9(7-14)8-15-10(2)11-4-3-5-12(13)6-11/h3-6,9-10,15H,8H2,1-2H3/t9?,10-/m1/s1. The molecule has 0 aliphatic heterocycles. The summed E-state index contributed by atoms with van der Waals surface area (Å²) in [5.74, 6) is 0.0552. The monoisotopic (exact) mass is 266 g/mol. The van der Waals surface area contributed by atoms with Crippen molar-refractivity contribution in [3.8, 4) is 6.07 Å². The van der Waals surface area contributed by atoms with Gasteiger partial charge in [0.2, 0.25) is 0 Å². The van der Waals surface area contributed by atoms with Gasteiger partial charge < -0.3 is 5.32 Å². The Hall–Kier alpha value is -0.850. The second-order valence-corrected chi connectivity index (χ2v) is 4.63. The van der Waals surface area contributed by atoms with E-state index in [2.05, 4.69) is 46.4 Å². The Balaban J connectivity index is 2.54. The molecule has 1 aromatic carbocycles. The molecule has 0 aliphatic rings. The molecule has 2 atom stereocenters. The number of nitrogens with zero attached hydrogens (tertiary/aromatic N) is 1. The molecular formula is C12H15BrN2. The van der Waals surface area contributed by atoms with Crippen molar-refractivity contribution >= 4 is 15.9 Å². The first-order valence-corrected chi connectivity index (χ1v) is 5.81. The molecule has 0 saturated carbocycles. The number of nitriles is 1. The molecule has 1 aromatic rings. The van der Waals surface area contributed by atoms with Gasteiger partial charge in [-0.2, -0.15) is 5.26 Å². The van der Waals surface area contributed by atoms with Crippen LogP contribution < -0.4 is 5.32 Å². The van der Waals surface area contributed by atoms with E-state index in [-0.39, 0.29) is 12.0 Å². The smallest absolute Gasteiger partial charge is 0.0666 e. The van der Waals surface area contributed by atoms with Gasteiger partial charge in [0.05, 0.1) is 12.0 Å². The number of hydrogen-bond acceptors (Lipinski definition) is 2. The second kappa shape index (κ2) is 5.89. The highest BCUT2D eigenvalue weighted by Gasteiger charge is 2.06. The summed E-state index contributed by atoms with van der Waals surface area (Å²) in [6, 6.07) is 10.7. The minimum atomic E-state index is 0.0552. The molecule has 1 rings (SSSR count). The maximum absolute atomic E-state index is 8.66. The lowest BCUT2D eigenvalue weighted by molar-refractivity contribution is 0.528. The topological polar surface area (TPSA) is 35.8 Å². The number of benzene rings is 1. The van der Waals surface area contributed by atoms with Crippen LogP contribution in [0.25, 0.3) is 0 Å². The summed E-state index contributed by atoms with van der Waals surface area (Å²) in [4.78, 5) is 0. The van der Waals surface area contributed by atoms with E-state index >= 15 is 0 Å². The summed E-state index contributed by atoms with van der Waals surface area (Å²) in [5, 5.41) is 12.0. The van der Waals surface area contributed by atoms with Gasteiger partial charge in [-0.25, -0.2) is 0 Å². The molecule has 0 heterocycles. The maximum atomic E-state index is 8.66. The predicted molar refractivity (Wildman–Crippen MR) is 65.3 cm³/mol. The Morgan fingerprint density at radius 3 is 2.80 bits per heavy atom. The molecule has 0 fully saturated rings. The zero-order valence-corrected chi connectivity index (χ0v) is 10.6. The first kappa shape index (κ1) is 12.2. The van der Waals surface area contributed by atoms with Gasteiger partial charge in [0.25, 0.3) is 0 Å². The average Bonchev–Trinajstić information content (AvgIpc) is 2.25. The molecule has 0 bridgehead atoms. The Morgan fingerprint density at radius 2 is 2.20 bits per heavy atom. The van der Waals surface area contributed by atoms with E-state index < -0.39 is 0 Å². The molecule has 0 radical (unpaired) electrons. The first-order valence-electron chi connectivity index (χ1n) is 5.02. The number of rotatable bonds is 4. The normalized spacial score (nSPS) is 14.3. The second-order valence-electron chi connectivity index (χ2n) is 3.72. The van der Waals surface area contributed by atoms with Crippen molar-refractivity contribution in [2.75, 3.05) is 6.54 Å². The molecule has 0 aromatic heterocycles. The van der Waals surface area contributed by atoms with E-state index in [1.54, 1.807) is 0 Å². The van der Waals surface area contributed by atoms with Crippen molar-refractivity contribution in [2.45, 2.75) is 19.9 Å². The highest BCUT2D eigenvalue weighted by atomic mass is 79.9. The summed E-state index contributed by atoms with van der Waals surface area (Å²) in [6.45, 7) is 4.75. The van der Waals surface area contributed by atoms with Crippen molar-refractivity contribution < 1.29 is 0 Å². The van der Waals surface area contributed by atoms with Crippen LogP contribution in [0.5, 0.6) is 0 Å². The lowest BCUT2D eigenvalue weighted by atomic mass is 10.1. The van der Waals surface area contributed by atoms with Gasteiger partial charge in [0.15, 0.2) is 0 Å². The van der Waals surface area contributed by atoms with Crippen LogP contribution in [0.4, 0.5) is 0 Å². The maximum Gasteiger partial charge on any atom is 0.0666 e. The lowest BCUT2D eigenvalue weighted by Gasteiger charge is -2.15. The van der Waals surface area contributed by atoms with Crippen LogP contribution in [0.15, 0.2) is 28.7 Å². The van der Waals surface area contributed by atoms with Crippen LogP contribution in [0.3, 0.4) is 0 Å². The zero-order chi connectivity index (χ0) is 11.3. The quantitative estimate of drug-likeness (QED) is 0.908. The van der Waals surface area contributed by atoms with Crippen LogP contribution >= 0.6 is 15.9 Å². The van der Waals surface area contributed by atoms with Gasteiger partial charge in [0, 0.05) is 17.1 Å². The molecular weight excluding hydrogens is 252 g/mol. The van der Waals surface area contributed by atoms with Crippen molar-refractivity contribution in [2.24, 2.45) is 5.92 Å². The van der Waals surface area contributed by atoms with E-state index in [1.165, 1.54) is 5.56 Å². The largest absolute Gasteiger partial charge is 0.309 e. The summed E-state index contributed by atoms with van der Waals surface area (Å²) in [5.41, 5.74) is 1.23. The third-order valence-corrected chi connectivity index (χ3v) is 2.79. The number of hydrogen-bond donors (Lipinski definition) is 1. The predicted octanol–water partition coefficient (Wildman–Crippen LogP) is 3.26. The first-order chi connectivity index (χ1) is 7.13. The highest BCUT2D eigenvalue weighted by molar-refractivity contribution is 9.10. The Bertz CT molecular complexity index is 357. The Labute approximate surface area is 99.4 Å². The van der Waals surface area contributed by atoms with Gasteiger partial charge in [-0.1, -0.05) is 28.1 Å². The van der Waals surface area contributed by atoms with Gasteiger partial charge in [-0.05, 0) is 31.5 Å². The molecule has 0 aliphatic carbocycles. The van der Waals surface area contributed by atoms with E-state index in [0.717, 1.165) is 11.0 Å². The van der Waals surface area contributed by atoms with Crippen LogP contribution in [0, 0.1) is 17.2 Å². The minimum absolute atomic E-state index is 0.0552. The highest BCUT2D eigenvalue weighted by Crippen LogP contribution is 2.17. The molecule has 3 heteroatoms. The van der Waals surface area contributed by atoms with Crippen molar-refractivity contribution in [3.05, 3.63) is 34.3 Å².